The third-order valence-corrected chi connectivity index (χ3v) is 5.84. The molecular formula is C18H32N2O3. The molecule has 1 saturated heterocycles. The number of carbonyl (C=O) groups excluding carboxylic acids is 1. The summed E-state index contributed by atoms with van der Waals surface area (Å²) in [5.74, 6) is 0.616. The maximum Gasteiger partial charge on any atom is 0.317 e. The van der Waals surface area contributed by atoms with E-state index >= 15 is 0 Å². The molecule has 2 saturated carbocycles. The average Bonchev–Trinajstić information content (AvgIpc) is 2.57. The van der Waals surface area contributed by atoms with E-state index in [2.05, 4.69) is 5.32 Å². The summed E-state index contributed by atoms with van der Waals surface area (Å²) in [4.78, 5) is 14.3. The van der Waals surface area contributed by atoms with Crippen molar-refractivity contribution in [1.82, 2.24) is 10.2 Å². The number of amides is 2. The summed E-state index contributed by atoms with van der Waals surface area (Å²) >= 11 is 0. The van der Waals surface area contributed by atoms with Crippen LogP contribution in [0.15, 0.2) is 0 Å². The molecule has 0 atom stereocenters. The lowest BCUT2D eigenvalue weighted by molar-refractivity contribution is -0.0697. The Morgan fingerprint density at radius 1 is 0.957 bits per heavy atom. The Labute approximate surface area is 140 Å². The Balaban J connectivity index is 1.30. The van der Waals surface area contributed by atoms with Crippen LogP contribution in [0.1, 0.15) is 57.8 Å². The van der Waals surface area contributed by atoms with Gasteiger partial charge in [0.25, 0.3) is 0 Å². The number of methoxy groups -OCH3 is 1. The minimum atomic E-state index is 0.112. The number of rotatable bonds is 5. The Bertz CT molecular complexity index is 370. The molecule has 2 aliphatic carbocycles. The molecule has 5 heteroatoms. The molecule has 0 aromatic carbocycles. The Hall–Kier alpha value is -0.810. The monoisotopic (exact) mass is 324 g/mol. The molecular weight excluding hydrogens is 292 g/mol. The third kappa shape index (κ3) is 4.83. The smallest absolute Gasteiger partial charge is 0.317 e. The van der Waals surface area contributed by atoms with Crippen LogP contribution in [0.5, 0.6) is 0 Å². The highest BCUT2D eigenvalue weighted by Gasteiger charge is 2.28. The van der Waals surface area contributed by atoms with Gasteiger partial charge in [0.1, 0.15) is 0 Å². The van der Waals surface area contributed by atoms with E-state index < -0.39 is 0 Å². The van der Waals surface area contributed by atoms with E-state index in [1.54, 1.807) is 7.11 Å². The van der Waals surface area contributed by atoms with E-state index in [9.17, 15) is 4.79 Å². The molecule has 3 rings (SSSR count). The molecule has 1 N–H and O–H groups in total. The zero-order chi connectivity index (χ0) is 16.1. The summed E-state index contributed by atoms with van der Waals surface area (Å²) < 4.78 is 11.5. The van der Waals surface area contributed by atoms with Crippen LogP contribution in [-0.2, 0) is 9.47 Å². The third-order valence-electron chi connectivity index (χ3n) is 5.84. The van der Waals surface area contributed by atoms with Crippen LogP contribution in [0.4, 0.5) is 4.79 Å². The summed E-state index contributed by atoms with van der Waals surface area (Å²) in [6.07, 6.45) is 11.6. The van der Waals surface area contributed by atoms with Crippen LogP contribution in [0, 0.1) is 5.92 Å². The van der Waals surface area contributed by atoms with Crippen LogP contribution in [-0.4, -0.2) is 56.0 Å². The Morgan fingerprint density at radius 2 is 1.61 bits per heavy atom. The van der Waals surface area contributed by atoms with Gasteiger partial charge in [-0.3, -0.25) is 0 Å². The number of nitrogens with zero attached hydrogens (tertiary/aromatic N) is 1. The number of ether oxygens (including phenoxy) is 2. The van der Waals surface area contributed by atoms with Crippen molar-refractivity contribution in [2.45, 2.75) is 76.1 Å². The van der Waals surface area contributed by atoms with E-state index in [-0.39, 0.29) is 6.03 Å². The van der Waals surface area contributed by atoms with E-state index in [0.29, 0.717) is 24.2 Å². The van der Waals surface area contributed by atoms with Gasteiger partial charge in [-0.05, 0) is 63.7 Å². The van der Waals surface area contributed by atoms with Crippen molar-refractivity contribution >= 4 is 6.03 Å². The highest BCUT2D eigenvalue weighted by atomic mass is 16.5. The molecule has 0 unspecified atom stereocenters. The fourth-order valence-corrected chi connectivity index (χ4v) is 3.89. The SMILES string of the molecule is COC1CCC(CNC(=O)N2CCC(OC3CCC3)CC2)CC1. The number of hydrogen-bond acceptors (Lipinski definition) is 3. The zero-order valence-electron chi connectivity index (χ0n) is 14.5. The molecule has 0 bridgehead atoms. The standard InChI is InChI=1S/C18H32N2O3/c1-22-15-7-5-14(6-8-15)13-19-18(21)20-11-9-17(10-12-20)23-16-3-2-4-16/h14-17H,2-13H2,1H3,(H,19,21). The second kappa shape index (κ2) is 8.34. The van der Waals surface area contributed by atoms with Gasteiger partial charge < -0.3 is 19.7 Å². The number of carbonyl (C=O) groups is 1. The van der Waals surface area contributed by atoms with Gasteiger partial charge in [-0.1, -0.05) is 0 Å². The quantitative estimate of drug-likeness (QED) is 0.846. The summed E-state index contributed by atoms with van der Waals surface area (Å²) in [7, 11) is 1.80. The van der Waals surface area contributed by atoms with E-state index in [0.717, 1.165) is 58.2 Å². The van der Waals surface area contributed by atoms with Crippen LogP contribution in [0.25, 0.3) is 0 Å². The van der Waals surface area contributed by atoms with Crippen LogP contribution < -0.4 is 5.32 Å². The van der Waals surface area contributed by atoms with Gasteiger partial charge in [-0.2, -0.15) is 0 Å². The summed E-state index contributed by atoms with van der Waals surface area (Å²) in [5, 5.41) is 3.14. The van der Waals surface area contributed by atoms with Crippen LogP contribution in [0.2, 0.25) is 0 Å². The second-order valence-corrected chi connectivity index (χ2v) is 7.44. The first-order chi connectivity index (χ1) is 11.2. The molecule has 0 spiro atoms. The largest absolute Gasteiger partial charge is 0.381 e. The molecule has 1 heterocycles. The fraction of sp³-hybridized carbons (Fsp3) is 0.944. The van der Waals surface area contributed by atoms with Gasteiger partial charge in [0.2, 0.25) is 0 Å². The number of likely N-dealkylation sites (tertiary alicyclic amines) is 1. The topological polar surface area (TPSA) is 50.8 Å². The van der Waals surface area contributed by atoms with Crippen LogP contribution in [0.3, 0.4) is 0 Å². The first-order valence-corrected chi connectivity index (χ1v) is 9.45. The van der Waals surface area contributed by atoms with Crippen molar-refractivity contribution in [2.24, 2.45) is 5.92 Å². The van der Waals surface area contributed by atoms with Crippen molar-refractivity contribution in [2.75, 3.05) is 26.7 Å². The fourth-order valence-electron chi connectivity index (χ4n) is 3.89. The second-order valence-electron chi connectivity index (χ2n) is 7.44. The number of nitrogens with one attached hydrogen (secondary N) is 1. The van der Waals surface area contributed by atoms with Crippen molar-refractivity contribution in [3.8, 4) is 0 Å². The van der Waals surface area contributed by atoms with Crippen molar-refractivity contribution in [3.05, 3.63) is 0 Å². The molecule has 2 amide bonds. The minimum absolute atomic E-state index is 0.112. The molecule has 23 heavy (non-hydrogen) atoms. The Kier molecular flexibility index (Phi) is 6.17. The number of piperidine rings is 1. The number of urea groups is 1. The maximum atomic E-state index is 12.3. The minimum Gasteiger partial charge on any atom is -0.381 e. The molecule has 0 aromatic rings. The normalized spacial score (nSPS) is 30.0. The van der Waals surface area contributed by atoms with Gasteiger partial charge in [0.05, 0.1) is 18.3 Å². The van der Waals surface area contributed by atoms with Gasteiger partial charge in [-0.25, -0.2) is 4.79 Å². The average molecular weight is 324 g/mol. The van der Waals surface area contributed by atoms with Gasteiger partial charge in [0, 0.05) is 26.7 Å². The zero-order valence-corrected chi connectivity index (χ0v) is 14.5. The molecule has 3 fully saturated rings. The molecule has 3 aliphatic rings. The molecule has 1 aliphatic heterocycles. The molecule has 0 aromatic heterocycles. The van der Waals surface area contributed by atoms with Gasteiger partial charge in [-0.15, -0.1) is 0 Å². The highest BCUT2D eigenvalue weighted by molar-refractivity contribution is 5.74. The Morgan fingerprint density at radius 3 is 2.17 bits per heavy atom. The predicted molar refractivity (Wildman–Crippen MR) is 89.5 cm³/mol. The predicted octanol–water partition coefficient (Wildman–Crippen LogP) is 2.93. The lowest BCUT2D eigenvalue weighted by atomic mass is 9.87. The van der Waals surface area contributed by atoms with Crippen molar-refractivity contribution in [1.29, 1.82) is 0 Å². The number of hydrogen-bond donors (Lipinski definition) is 1. The summed E-state index contributed by atoms with van der Waals surface area (Å²) in [6, 6.07) is 0.112. The molecule has 0 radical (unpaired) electrons. The van der Waals surface area contributed by atoms with Crippen LogP contribution >= 0.6 is 0 Å². The summed E-state index contributed by atoms with van der Waals surface area (Å²) in [6.45, 7) is 2.48. The molecule has 5 nitrogen and oxygen atoms in total. The highest BCUT2D eigenvalue weighted by Crippen LogP contribution is 2.27. The maximum absolute atomic E-state index is 12.3. The molecule has 132 valence electrons. The first kappa shape index (κ1) is 17.0. The lowest BCUT2D eigenvalue weighted by Crippen LogP contribution is -2.47. The first-order valence-electron chi connectivity index (χ1n) is 9.45. The van der Waals surface area contributed by atoms with Gasteiger partial charge in [0.15, 0.2) is 0 Å². The summed E-state index contributed by atoms with van der Waals surface area (Å²) in [5.41, 5.74) is 0. The van der Waals surface area contributed by atoms with E-state index in [1.807, 2.05) is 4.90 Å². The van der Waals surface area contributed by atoms with Crippen molar-refractivity contribution in [3.63, 3.8) is 0 Å². The lowest BCUT2D eigenvalue weighted by Gasteiger charge is -2.36. The van der Waals surface area contributed by atoms with Gasteiger partial charge >= 0.3 is 6.03 Å². The van der Waals surface area contributed by atoms with E-state index in [4.69, 9.17) is 9.47 Å². The van der Waals surface area contributed by atoms with Crippen molar-refractivity contribution < 1.29 is 14.3 Å². The van der Waals surface area contributed by atoms with E-state index in [1.165, 1.54) is 19.3 Å².